The fourth-order valence-corrected chi connectivity index (χ4v) is 3.65. The summed E-state index contributed by atoms with van der Waals surface area (Å²) in [5.74, 6) is 3.50. The molecule has 0 aliphatic heterocycles. The first-order valence-corrected chi connectivity index (χ1v) is 10.5. The van der Waals surface area contributed by atoms with E-state index in [-0.39, 0.29) is 0 Å². The lowest BCUT2D eigenvalue weighted by Gasteiger charge is -2.21. The van der Waals surface area contributed by atoms with Crippen molar-refractivity contribution in [2.24, 2.45) is 18.0 Å². The zero-order chi connectivity index (χ0) is 18.8. The lowest BCUT2D eigenvalue weighted by Crippen LogP contribution is -2.44. The maximum atomic E-state index is 4.82. The largest absolute Gasteiger partial charge is 0.356 e. The van der Waals surface area contributed by atoms with Crippen molar-refractivity contribution in [3.8, 4) is 0 Å². The van der Waals surface area contributed by atoms with Crippen LogP contribution >= 0.6 is 0 Å². The first kappa shape index (κ1) is 20.7. The number of guanidine groups is 1. The van der Waals surface area contributed by atoms with Gasteiger partial charge in [0, 0.05) is 19.6 Å². The first-order valence-electron chi connectivity index (χ1n) is 10.5. The molecule has 1 heterocycles. The Bertz CT molecular complexity index is 544. The molecule has 1 saturated carbocycles. The second kappa shape index (κ2) is 11.2. The minimum atomic E-state index is 0.558. The molecule has 0 aromatic carbocycles. The normalized spacial score (nSPS) is 16.8. The van der Waals surface area contributed by atoms with Gasteiger partial charge in [0.15, 0.2) is 11.8 Å². The van der Waals surface area contributed by atoms with Gasteiger partial charge in [0.05, 0.1) is 0 Å². The summed E-state index contributed by atoms with van der Waals surface area (Å²) in [7, 11) is 2.00. The second-order valence-electron chi connectivity index (χ2n) is 7.69. The lowest BCUT2D eigenvalue weighted by atomic mass is 9.97. The van der Waals surface area contributed by atoms with E-state index in [4.69, 9.17) is 4.99 Å². The molecular formula is C20H38N6. The Labute approximate surface area is 159 Å². The number of aromatic nitrogens is 3. The van der Waals surface area contributed by atoms with Crippen molar-refractivity contribution < 1.29 is 0 Å². The second-order valence-corrected chi connectivity index (χ2v) is 7.69. The van der Waals surface area contributed by atoms with Gasteiger partial charge in [-0.05, 0) is 38.5 Å². The average molecular weight is 363 g/mol. The van der Waals surface area contributed by atoms with Gasteiger partial charge in [-0.25, -0.2) is 4.99 Å². The number of aryl methyl sites for hydroxylation is 1. The highest BCUT2D eigenvalue weighted by Crippen LogP contribution is 2.18. The Balaban J connectivity index is 1.97. The van der Waals surface area contributed by atoms with Crippen LogP contribution in [-0.4, -0.2) is 33.3 Å². The van der Waals surface area contributed by atoms with Crippen LogP contribution in [0.25, 0.3) is 0 Å². The number of unbranched alkanes of at least 4 members (excludes halogenated alkanes) is 1. The van der Waals surface area contributed by atoms with Gasteiger partial charge in [0.1, 0.15) is 12.4 Å². The minimum Gasteiger partial charge on any atom is -0.356 e. The maximum Gasteiger partial charge on any atom is 0.191 e. The van der Waals surface area contributed by atoms with Crippen molar-refractivity contribution in [3.63, 3.8) is 0 Å². The van der Waals surface area contributed by atoms with Crippen LogP contribution in [-0.2, 0) is 13.6 Å². The molecule has 1 aliphatic carbocycles. The minimum absolute atomic E-state index is 0.558. The van der Waals surface area contributed by atoms with Crippen LogP contribution in [0.15, 0.2) is 4.99 Å². The molecule has 1 fully saturated rings. The van der Waals surface area contributed by atoms with E-state index in [1.165, 1.54) is 57.8 Å². The molecule has 1 atom stereocenters. The molecule has 6 heteroatoms. The van der Waals surface area contributed by atoms with Gasteiger partial charge in [-0.15, -0.1) is 10.2 Å². The van der Waals surface area contributed by atoms with E-state index >= 15 is 0 Å². The fraction of sp³-hybridized carbons (Fsp3) is 0.850. The van der Waals surface area contributed by atoms with E-state index in [1.54, 1.807) is 0 Å². The number of aliphatic imine (C=N–C) groups is 1. The topological polar surface area (TPSA) is 67.1 Å². The van der Waals surface area contributed by atoms with Gasteiger partial charge < -0.3 is 15.2 Å². The zero-order valence-electron chi connectivity index (χ0n) is 17.2. The summed E-state index contributed by atoms with van der Waals surface area (Å²) in [5.41, 5.74) is 0. The van der Waals surface area contributed by atoms with Crippen molar-refractivity contribution in [3.05, 3.63) is 11.6 Å². The van der Waals surface area contributed by atoms with E-state index in [1.807, 2.05) is 18.5 Å². The molecule has 148 valence electrons. The van der Waals surface area contributed by atoms with E-state index in [2.05, 4.69) is 34.7 Å². The van der Waals surface area contributed by atoms with Crippen molar-refractivity contribution in [2.45, 2.75) is 91.1 Å². The Morgan fingerprint density at radius 1 is 1.19 bits per heavy atom. The molecule has 1 unspecified atom stereocenters. The van der Waals surface area contributed by atoms with Crippen molar-refractivity contribution in [2.75, 3.05) is 6.54 Å². The predicted molar refractivity (Wildman–Crippen MR) is 108 cm³/mol. The summed E-state index contributed by atoms with van der Waals surface area (Å²) < 4.78 is 2.01. The first-order chi connectivity index (χ1) is 12.6. The van der Waals surface area contributed by atoms with Crippen LogP contribution in [0.5, 0.6) is 0 Å². The number of nitrogens with zero attached hydrogens (tertiary/aromatic N) is 4. The molecule has 1 aromatic heterocycles. The maximum absolute atomic E-state index is 4.82. The molecule has 2 N–H and O–H groups in total. The van der Waals surface area contributed by atoms with Crippen LogP contribution in [0.2, 0.25) is 0 Å². The molecule has 1 aromatic rings. The number of rotatable bonds is 10. The van der Waals surface area contributed by atoms with Crippen LogP contribution in [0.3, 0.4) is 0 Å². The Morgan fingerprint density at radius 2 is 1.96 bits per heavy atom. The van der Waals surface area contributed by atoms with Gasteiger partial charge in [0.25, 0.3) is 0 Å². The fourth-order valence-electron chi connectivity index (χ4n) is 3.65. The van der Waals surface area contributed by atoms with Gasteiger partial charge >= 0.3 is 0 Å². The van der Waals surface area contributed by atoms with Gasteiger partial charge in [-0.2, -0.15) is 0 Å². The third kappa shape index (κ3) is 6.61. The summed E-state index contributed by atoms with van der Waals surface area (Å²) in [6.07, 6.45) is 11.6. The average Bonchev–Trinajstić information content (AvgIpc) is 3.26. The van der Waals surface area contributed by atoms with Crippen LogP contribution in [0.4, 0.5) is 0 Å². The Morgan fingerprint density at radius 3 is 2.58 bits per heavy atom. The van der Waals surface area contributed by atoms with Gasteiger partial charge in [-0.1, -0.05) is 46.0 Å². The summed E-state index contributed by atoms with van der Waals surface area (Å²) in [6, 6.07) is 0.558. The van der Waals surface area contributed by atoms with Crippen molar-refractivity contribution in [1.82, 2.24) is 25.4 Å². The third-order valence-electron chi connectivity index (χ3n) is 5.48. The molecule has 6 nitrogen and oxygen atoms in total. The molecule has 0 saturated heterocycles. The monoisotopic (exact) mass is 362 g/mol. The zero-order valence-corrected chi connectivity index (χ0v) is 17.2. The predicted octanol–water partition coefficient (Wildman–Crippen LogP) is 3.71. The Kier molecular flexibility index (Phi) is 8.92. The smallest absolute Gasteiger partial charge is 0.191 e. The molecule has 0 bridgehead atoms. The molecule has 0 radical (unpaired) electrons. The van der Waals surface area contributed by atoms with E-state index in [0.29, 0.717) is 12.6 Å². The SMILES string of the molecule is CCCCC(CCC)CNC(=NCc1nnc(C)n1C)NC1CCCC1. The standard InChI is InChI=1S/C20H38N6/c1-5-7-11-17(10-6-2)14-21-20(23-18-12-8-9-13-18)22-15-19-25-24-16(3)26(19)4/h17-18H,5-15H2,1-4H3,(H2,21,22,23). The summed E-state index contributed by atoms with van der Waals surface area (Å²) in [4.78, 5) is 4.82. The van der Waals surface area contributed by atoms with Gasteiger partial charge in [0.2, 0.25) is 0 Å². The van der Waals surface area contributed by atoms with Crippen LogP contribution in [0, 0.1) is 12.8 Å². The molecule has 1 aliphatic rings. The quantitative estimate of drug-likeness (QED) is 0.492. The van der Waals surface area contributed by atoms with E-state index < -0.39 is 0 Å². The molecule has 2 rings (SSSR count). The Hall–Kier alpha value is -1.59. The summed E-state index contributed by atoms with van der Waals surface area (Å²) >= 11 is 0. The highest BCUT2D eigenvalue weighted by atomic mass is 15.3. The summed E-state index contributed by atoms with van der Waals surface area (Å²) in [5, 5.41) is 15.6. The number of hydrogen-bond acceptors (Lipinski definition) is 3. The highest BCUT2D eigenvalue weighted by molar-refractivity contribution is 5.80. The molecular weight excluding hydrogens is 324 g/mol. The highest BCUT2D eigenvalue weighted by Gasteiger charge is 2.17. The van der Waals surface area contributed by atoms with Crippen molar-refractivity contribution in [1.29, 1.82) is 0 Å². The third-order valence-corrected chi connectivity index (χ3v) is 5.48. The van der Waals surface area contributed by atoms with Crippen LogP contribution < -0.4 is 10.6 Å². The lowest BCUT2D eigenvalue weighted by molar-refractivity contribution is 0.421. The van der Waals surface area contributed by atoms with E-state index in [9.17, 15) is 0 Å². The van der Waals surface area contributed by atoms with Gasteiger partial charge in [-0.3, -0.25) is 0 Å². The molecule has 26 heavy (non-hydrogen) atoms. The van der Waals surface area contributed by atoms with Crippen LogP contribution in [0.1, 0.15) is 83.3 Å². The number of nitrogens with one attached hydrogen (secondary N) is 2. The summed E-state index contributed by atoms with van der Waals surface area (Å²) in [6.45, 7) is 8.09. The molecule has 0 amide bonds. The van der Waals surface area contributed by atoms with Crippen molar-refractivity contribution >= 4 is 5.96 Å². The molecule has 0 spiro atoms. The number of hydrogen-bond donors (Lipinski definition) is 2. The van der Waals surface area contributed by atoms with E-state index in [0.717, 1.165) is 30.1 Å².